The number of nitriles is 1. The number of rotatable bonds is 5. The van der Waals surface area contributed by atoms with Crippen LogP contribution in [-0.2, 0) is 4.74 Å². The number of carbonyl (C=O) groups excluding carboxylic acids is 1. The summed E-state index contributed by atoms with van der Waals surface area (Å²) < 4.78 is 33.9. The number of halogens is 2. The Morgan fingerprint density at radius 2 is 1.94 bits per heavy atom. The zero-order valence-electron chi connectivity index (χ0n) is 18.7. The molecule has 33 heavy (non-hydrogen) atoms. The minimum atomic E-state index is -2.88. The van der Waals surface area contributed by atoms with Crippen LogP contribution >= 0.6 is 0 Å². The highest BCUT2D eigenvalue weighted by Crippen LogP contribution is 2.27. The molecule has 0 radical (unpaired) electrons. The predicted molar refractivity (Wildman–Crippen MR) is 119 cm³/mol. The first kappa shape index (κ1) is 23.9. The van der Waals surface area contributed by atoms with Crippen LogP contribution in [0.1, 0.15) is 63.5 Å². The van der Waals surface area contributed by atoms with Crippen molar-refractivity contribution in [3.63, 3.8) is 0 Å². The molecule has 1 atom stereocenters. The molecule has 1 heterocycles. The van der Waals surface area contributed by atoms with Crippen molar-refractivity contribution in [3.8, 4) is 11.8 Å². The number of ether oxygens (including phenoxy) is 1. The van der Waals surface area contributed by atoms with Gasteiger partial charge in [0, 0.05) is 5.56 Å². The Bertz CT molecular complexity index is 1290. The summed E-state index contributed by atoms with van der Waals surface area (Å²) in [5, 5.41) is 11.8. The van der Waals surface area contributed by atoms with Crippen LogP contribution in [-0.4, -0.2) is 21.2 Å². The topological polar surface area (TPSA) is 97.0 Å². The van der Waals surface area contributed by atoms with Crippen LogP contribution in [0.5, 0.6) is 0 Å². The van der Waals surface area contributed by atoms with Crippen molar-refractivity contribution in [3.05, 3.63) is 69.8 Å². The third kappa shape index (κ3) is 5.17. The lowest BCUT2D eigenvalue weighted by Gasteiger charge is -2.25. The van der Waals surface area contributed by atoms with Gasteiger partial charge in [0.1, 0.15) is 11.4 Å². The number of alkyl halides is 2. The minimum absolute atomic E-state index is 0.0879. The highest BCUT2D eigenvalue weighted by molar-refractivity contribution is 5.82. The van der Waals surface area contributed by atoms with Gasteiger partial charge in [0.2, 0.25) is 0 Å². The molecule has 0 fully saturated rings. The Balaban J connectivity index is 2.30. The van der Waals surface area contributed by atoms with Crippen molar-refractivity contribution in [1.82, 2.24) is 14.9 Å². The summed E-state index contributed by atoms with van der Waals surface area (Å²) in [4.78, 5) is 30.5. The molecule has 0 saturated carbocycles. The minimum Gasteiger partial charge on any atom is -0.444 e. The predicted octanol–water partition coefficient (Wildman–Crippen LogP) is 5.17. The molecule has 2 aromatic carbocycles. The average molecular weight is 454 g/mol. The summed E-state index contributed by atoms with van der Waals surface area (Å²) in [6, 6.07) is 11.5. The van der Waals surface area contributed by atoms with Crippen molar-refractivity contribution >= 4 is 17.0 Å². The molecule has 0 spiro atoms. The molecule has 3 aromatic rings. The Morgan fingerprint density at radius 1 is 1.24 bits per heavy atom. The Kier molecular flexibility index (Phi) is 6.77. The molecule has 0 bridgehead atoms. The van der Waals surface area contributed by atoms with Gasteiger partial charge in [0.25, 0.3) is 12.0 Å². The Labute approximate surface area is 189 Å². The Hall–Kier alpha value is -3.80. The molecule has 1 amide bonds. The van der Waals surface area contributed by atoms with Gasteiger partial charge in [-0.15, -0.1) is 0 Å². The molecule has 3 rings (SSSR count). The molecule has 1 aromatic heterocycles. The third-order valence-corrected chi connectivity index (χ3v) is 4.84. The van der Waals surface area contributed by atoms with E-state index in [0.717, 1.165) is 0 Å². The largest absolute Gasteiger partial charge is 0.444 e. The summed E-state index contributed by atoms with van der Waals surface area (Å²) in [7, 11) is 0. The maximum absolute atomic E-state index is 13.7. The first-order chi connectivity index (χ1) is 15.6. The molecule has 7 nitrogen and oxygen atoms in total. The van der Waals surface area contributed by atoms with Crippen LogP contribution < -0.4 is 10.9 Å². The molecule has 9 heteroatoms. The maximum Gasteiger partial charge on any atom is 0.408 e. The molecular formula is C24H24F2N4O3. The summed E-state index contributed by atoms with van der Waals surface area (Å²) in [6.07, 6.45) is -3.25. The molecular weight excluding hydrogens is 430 g/mol. The van der Waals surface area contributed by atoms with Gasteiger partial charge < -0.3 is 10.1 Å². The molecule has 1 N–H and O–H groups in total. The lowest BCUT2D eigenvalue weighted by atomic mass is 10.1. The smallest absolute Gasteiger partial charge is 0.408 e. The number of aromatic nitrogens is 2. The average Bonchev–Trinajstić information content (AvgIpc) is 2.75. The number of benzene rings is 2. The van der Waals surface area contributed by atoms with E-state index in [1.54, 1.807) is 45.9 Å². The zero-order chi connectivity index (χ0) is 24.3. The van der Waals surface area contributed by atoms with E-state index in [1.165, 1.54) is 28.8 Å². The lowest BCUT2D eigenvalue weighted by Crippen LogP contribution is -2.38. The second-order valence-corrected chi connectivity index (χ2v) is 8.42. The van der Waals surface area contributed by atoms with Crippen LogP contribution in [0.4, 0.5) is 13.6 Å². The Morgan fingerprint density at radius 3 is 2.55 bits per heavy atom. The molecule has 0 aliphatic heterocycles. The van der Waals surface area contributed by atoms with E-state index in [0.29, 0.717) is 6.42 Å². The van der Waals surface area contributed by atoms with Gasteiger partial charge in [-0.1, -0.05) is 25.1 Å². The third-order valence-electron chi connectivity index (χ3n) is 4.84. The summed E-state index contributed by atoms with van der Waals surface area (Å²) >= 11 is 0. The van der Waals surface area contributed by atoms with Crippen LogP contribution in [0, 0.1) is 11.3 Å². The number of fused-ring (bicyclic) bond motifs is 1. The van der Waals surface area contributed by atoms with E-state index >= 15 is 0 Å². The number of carbonyl (C=O) groups is 1. The molecule has 0 unspecified atom stereocenters. The number of amides is 1. The van der Waals surface area contributed by atoms with E-state index < -0.39 is 35.3 Å². The summed E-state index contributed by atoms with van der Waals surface area (Å²) in [5.74, 6) is 0.141. The maximum atomic E-state index is 13.7. The van der Waals surface area contributed by atoms with Gasteiger partial charge in [-0.3, -0.25) is 9.36 Å². The number of hydrogen-bond donors (Lipinski definition) is 1. The van der Waals surface area contributed by atoms with E-state index in [4.69, 9.17) is 4.74 Å². The fraction of sp³-hybridized carbons (Fsp3) is 0.333. The first-order valence-corrected chi connectivity index (χ1v) is 10.4. The van der Waals surface area contributed by atoms with Crippen molar-refractivity contribution in [2.45, 2.75) is 52.2 Å². The number of alkyl carbamates (subject to hydrolysis) is 1. The van der Waals surface area contributed by atoms with Crippen molar-refractivity contribution in [1.29, 1.82) is 5.26 Å². The van der Waals surface area contributed by atoms with Crippen molar-refractivity contribution < 1.29 is 18.3 Å². The van der Waals surface area contributed by atoms with Crippen LogP contribution in [0.3, 0.4) is 0 Å². The van der Waals surface area contributed by atoms with E-state index in [2.05, 4.69) is 10.3 Å². The SMILES string of the molecule is CC[C@H](NC(=O)OC(C)(C)C)c1nc2cccc(C(F)F)c2c(=O)n1-c1cccc(C#N)c1. The van der Waals surface area contributed by atoms with Crippen LogP contribution in [0.2, 0.25) is 0 Å². The molecule has 172 valence electrons. The highest BCUT2D eigenvalue weighted by Gasteiger charge is 2.26. The van der Waals surface area contributed by atoms with Crippen LogP contribution in [0.25, 0.3) is 16.6 Å². The fourth-order valence-electron chi connectivity index (χ4n) is 3.45. The first-order valence-electron chi connectivity index (χ1n) is 10.4. The molecule has 0 saturated heterocycles. The highest BCUT2D eigenvalue weighted by atomic mass is 19.3. The van der Waals surface area contributed by atoms with E-state index in [1.807, 2.05) is 6.07 Å². The van der Waals surface area contributed by atoms with Crippen molar-refractivity contribution in [2.24, 2.45) is 0 Å². The van der Waals surface area contributed by atoms with Gasteiger partial charge in [-0.2, -0.15) is 5.26 Å². The summed E-state index contributed by atoms with van der Waals surface area (Å²) in [5.41, 5.74) is -1.26. The molecule has 0 aliphatic rings. The van der Waals surface area contributed by atoms with Gasteiger partial charge >= 0.3 is 6.09 Å². The quantitative estimate of drug-likeness (QED) is 0.574. The van der Waals surface area contributed by atoms with E-state index in [-0.39, 0.29) is 28.0 Å². The normalized spacial score (nSPS) is 12.4. The number of hydrogen-bond acceptors (Lipinski definition) is 5. The van der Waals surface area contributed by atoms with Crippen molar-refractivity contribution in [2.75, 3.05) is 0 Å². The van der Waals surface area contributed by atoms with Gasteiger partial charge in [-0.25, -0.2) is 18.6 Å². The monoisotopic (exact) mass is 454 g/mol. The van der Waals surface area contributed by atoms with Gasteiger partial charge in [0.05, 0.1) is 34.3 Å². The van der Waals surface area contributed by atoms with Gasteiger partial charge in [-0.05, 0) is 51.5 Å². The number of nitrogens with zero attached hydrogens (tertiary/aromatic N) is 3. The van der Waals surface area contributed by atoms with Gasteiger partial charge in [0.15, 0.2) is 0 Å². The second kappa shape index (κ2) is 9.36. The fourth-order valence-corrected chi connectivity index (χ4v) is 3.45. The van der Waals surface area contributed by atoms with Crippen LogP contribution in [0.15, 0.2) is 47.3 Å². The standard InChI is InChI=1S/C24H24F2N4O3/c1-5-17(29-23(32)33-24(2,3)4)21-28-18-11-7-10-16(20(25)26)19(18)22(31)30(21)15-9-6-8-14(12-15)13-27/h6-12,17,20H,5H2,1-4H3,(H,29,32)/t17-/m0/s1. The van der Waals surface area contributed by atoms with E-state index in [9.17, 15) is 23.6 Å². The summed E-state index contributed by atoms with van der Waals surface area (Å²) in [6.45, 7) is 6.94. The lowest BCUT2D eigenvalue weighted by molar-refractivity contribution is 0.0499. The zero-order valence-corrected chi connectivity index (χ0v) is 18.7. The second-order valence-electron chi connectivity index (χ2n) is 8.42. The molecule has 0 aliphatic carbocycles. The number of nitrogens with one attached hydrogen (secondary N) is 1.